The second-order valence-electron chi connectivity index (χ2n) is 8.32. The number of alkyl carbamates (subject to hydrolysis) is 1. The smallest absolute Gasteiger partial charge is 0.407 e. The molecule has 0 radical (unpaired) electrons. The molecular weight excluding hydrogens is 386 g/mol. The van der Waals surface area contributed by atoms with Crippen molar-refractivity contribution in [2.24, 2.45) is 0 Å². The zero-order chi connectivity index (χ0) is 20.9. The first-order valence-electron chi connectivity index (χ1n) is 10.1. The van der Waals surface area contributed by atoms with E-state index in [1.54, 1.807) is 0 Å². The summed E-state index contributed by atoms with van der Waals surface area (Å²) in [5, 5.41) is 5.58. The van der Waals surface area contributed by atoms with Gasteiger partial charge in [-0.1, -0.05) is 30.3 Å². The molecule has 1 atom stereocenters. The van der Waals surface area contributed by atoms with Crippen molar-refractivity contribution >= 4 is 23.3 Å². The molecular formula is C22H29N3O3S. The van der Waals surface area contributed by atoms with Gasteiger partial charge in [0.05, 0.1) is 5.01 Å². The second-order valence-corrected chi connectivity index (χ2v) is 9.26. The number of thiazole rings is 1. The van der Waals surface area contributed by atoms with E-state index in [4.69, 9.17) is 4.74 Å². The molecule has 1 aliphatic heterocycles. The number of hydrogen-bond acceptors (Lipinski definition) is 5. The van der Waals surface area contributed by atoms with Gasteiger partial charge >= 0.3 is 6.09 Å². The van der Waals surface area contributed by atoms with Crippen molar-refractivity contribution in [3.63, 3.8) is 0 Å². The minimum Gasteiger partial charge on any atom is -0.444 e. The summed E-state index contributed by atoms with van der Waals surface area (Å²) in [7, 11) is 0. The van der Waals surface area contributed by atoms with Crippen molar-refractivity contribution in [3.8, 4) is 0 Å². The molecule has 1 aromatic heterocycles. The first kappa shape index (κ1) is 21.3. The third kappa shape index (κ3) is 6.29. The number of piperidine rings is 1. The van der Waals surface area contributed by atoms with Gasteiger partial charge in [0.1, 0.15) is 11.3 Å². The van der Waals surface area contributed by atoms with Crippen LogP contribution in [0.4, 0.5) is 4.79 Å². The zero-order valence-corrected chi connectivity index (χ0v) is 18.1. The number of ether oxygens (including phenoxy) is 1. The van der Waals surface area contributed by atoms with Crippen molar-refractivity contribution in [2.45, 2.75) is 58.1 Å². The summed E-state index contributed by atoms with van der Waals surface area (Å²) in [5.74, 6) is -0.0590. The number of hydrogen-bond donors (Lipinski definition) is 1. The Morgan fingerprint density at radius 3 is 2.72 bits per heavy atom. The monoisotopic (exact) mass is 415 g/mol. The summed E-state index contributed by atoms with van der Waals surface area (Å²) >= 11 is 1.51. The van der Waals surface area contributed by atoms with Gasteiger partial charge in [-0.05, 0) is 45.6 Å². The number of aromatic nitrogens is 1. The van der Waals surface area contributed by atoms with E-state index in [2.05, 4.69) is 22.4 Å². The van der Waals surface area contributed by atoms with E-state index in [-0.39, 0.29) is 11.9 Å². The molecule has 1 saturated heterocycles. The number of nitrogens with one attached hydrogen (secondary N) is 1. The lowest BCUT2D eigenvalue weighted by Crippen LogP contribution is -2.50. The highest BCUT2D eigenvalue weighted by atomic mass is 32.1. The molecule has 0 aliphatic carbocycles. The SMILES string of the molecule is CC(C)(C)OC(=O)NCC1CCCCN1C(=O)c1csc(Cc2ccccc2)n1. The zero-order valence-electron chi connectivity index (χ0n) is 17.3. The Morgan fingerprint density at radius 1 is 1.24 bits per heavy atom. The second kappa shape index (κ2) is 9.39. The Bertz CT molecular complexity index is 829. The summed E-state index contributed by atoms with van der Waals surface area (Å²) in [6.07, 6.45) is 3.15. The number of carbonyl (C=O) groups is 2. The first-order valence-corrected chi connectivity index (χ1v) is 11.0. The third-order valence-corrected chi connectivity index (χ3v) is 5.59. The molecule has 2 aromatic rings. The van der Waals surface area contributed by atoms with Crippen LogP contribution in [0.3, 0.4) is 0 Å². The van der Waals surface area contributed by atoms with Crippen molar-refractivity contribution in [1.82, 2.24) is 15.2 Å². The Morgan fingerprint density at radius 2 is 2.00 bits per heavy atom. The molecule has 3 rings (SSSR count). The van der Waals surface area contributed by atoms with Crippen LogP contribution < -0.4 is 5.32 Å². The van der Waals surface area contributed by atoms with E-state index in [1.165, 1.54) is 16.9 Å². The number of amides is 2. The highest BCUT2D eigenvalue weighted by Crippen LogP contribution is 2.22. The maximum atomic E-state index is 13.1. The van der Waals surface area contributed by atoms with Crippen molar-refractivity contribution < 1.29 is 14.3 Å². The Hall–Kier alpha value is -2.41. The molecule has 7 heteroatoms. The highest BCUT2D eigenvalue weighted by molar-refractivity contribution is 7.09. The van der Waals surface area contributed by atoms with Crippen LogP contribution in [0.2, 0.25) is 0 Å². The molecule has 1 unspecified atom stereocenters. The summed E-state index contributed by atoms with van der Waals surface area (Å²) in [6.45, 7) is 6.57. The molecule has 1 fully saturated rings. The minimum atomic E-state index is -0.540. The molecule has 6 nitrogen and oxygen atoms in total. The molecule has 0 bridgehead atoms. The molecule has 156 valence electrons. The standard InChI is InChI=1S/C22H29N3O3S/c1-22(2,3)28-21(27)23-14-17-11-7-8-12-25(17)20(26)18-15-29-19(24-18)13-16-9-5-4-6-10-16/h4-6,9-10,15,17H,7-8,11-14H2,1-3H3,(H,23,27). The van der Waals surface area contributed by atoms with Gasteiger partial charge < -0.3 is 15.0 Å². The predicted molar refractivity (Wildman–Crippen MR) is 114 cm³/mol. The Kier molecular flexibility index (Phi) is 6.90. The van der Waals surface area contributed by atoms with Crippen molar-refractivity contribution in [2.75, 3.05) is 13.1 Å². The summed E-state index contributed by atoms with van der Waals surface area (Å²) in [4.78, 5) is 31.5. The summed E-state index contributed by atoms with van der Waals surface area (Å²) in [5.41, 5.74) is 1.13. The fourth-order valence-electron chi connectivity index (χ4n) is 3.40. The van der Waals surface area contributed by atoms with Crippen LogP contribution in [0, 0.1) is 0 Å². The van der Waals surface area contributed by atoms with Gasteiger partial charge in [0, 0.05) is 30.9 Å². The number of carbonyl (C=O) groups excluding carboxylic acids is 2. The molecule has 29 heavy (non-hydrogen) atoms. The molecule has 1 aliphatic rings. The van der Waals surface area contributed by atoms with Crippen LogP contribution in [-0.4, -0.2) is 46.6 Å². The average molecular weight is 416 g/mol. The number of benzene rings is 1. The van der Waals surface area contributed by atoms with Crippen LogP contribution in [0.5, 0.6) is 0 Å². The van der Waals surface area contributed by atoms with Crippen LogP contribution >= 0.6 is 11.3 Å². The van der Waals surface area contributed by atoms with E-state index in [1.807, 2.05) is 49.3 Å². The van der Waals surface area contributed by atoms with Crippen LogP contribution in [0.1, 0.15) is 61.1 Å². The van der Waals surface area contributed by atoms with Gasteiger partial charge in [-0.2, -0.15) is 0 Å². The molecule has 2 amide bonds. The van der Waals surface area contributed by atoms with Gasteiger partial charge in [-0.25, -0.2) is 9.78 Å². The number of likely N-dealkylation sites (tertiary alicyclic amines) is 1. The molecule has 2 heterocycles. The Balaban J connectivity index is 1.61. The van der Waals surface area contributed by atoms with Gasteiger partial charge in [-0.3, -0.25) is 4.79 Å². The maximum absolute atomic E-state index is 13.1. The number of nitrogens with zero attached hydrogens (tertiary/aromatic N) is 2. The van der Waals surface area contributed by atoms with E-state index < -0.39 is 11.7 Å². The molecule has 1 aromatic carbocycles. The molecule has 1 N–H and O–H groups in total. The maximum Gasteiger partial charge on any atom is 0.407 e. The average Bonchev–Trinajstić information content (AvgIpc) is 3.14. The topological polar surface area (TPSA) is 71.5 Å². The lowest BCUT2D eigenvalue weighted by atomic mass is 10.0. The predicted octanol–water partition coefficient (Wildman–Crippen LogP) is 4.25. The Labute approximate surface area is 176 Å². The fourth-order valence-corrected chi connectivity index (χ4v) is 4.21. The van der Waals surface area contributed by atoms with E-state index >= 15 is 0 Å². The van der Waals surface area contributed by atoms with E-state index in [9.17, 15) is 9.59 Å². The molecule has 0 saturated carbocycles. The quantitative estimate of drug-likeness (QED) is 0.792. The van der Waals surface area contributed by atoms with Gasteiger partial charge in [-0.15, -0.1) is 11.3 Å². The summed E-state index contributed by atoms with van der Waals surface area (Å²) in [6, 6.07) is 10.1. The van der Waals surface area contributed by atoms with E-state index in [0.717, 1.165) is 30.7 Å². The highest BCUT2D eigenvalue weighted by Gasteiger charge is 2.29. The first-order chi connectivity index (χ1) is 13.8. The van der Waals surface area contributed by atoms with Crippen LogP contribution in [0.25, 0.3) is 0 Å². The minimum absolute atomic E-state index is 0.0389. The van der Waals surface area contributed by atoms with Gasteiger partial charge in [0.2, 0.25) is 0 Å². The van der Waals surface area contributed by atoms with Crippen molar-refractivity contribution in [3.05, 3.63) is 52.0 Å². The normalized spacial score (nSPS) is 17.1. The largest absolute Gasteiger partial charge is 0.444 e. The van der Waals surface area contributed by atoms with Gasteiger partial charge in [0.25, 0.3) is 5.91 Å². The van der Waals surface area contributed by atoms with E-state index in [0.29, 0.717) is 18.8 Å². The van der Waals surface area contributed by atoms with Gasteiger partial charge in [0.15, 0.2) is 0 Å². The number of rotatable bonds is 5. The summed E-state index contributed by atoms with van der Waals surface area (Å²) < 4.78 is 5.30. The van der Waals surface area contributed by atoms with Crippen LogP contribution in [0.15, 0.2) is 35.7 Å². The third-order valence-electron chi connectivity index (χ3n) is 4.74. The lowest BCUT2D eigenvalue weighted by Gasteiger charge is -2.35. The fraction of sp³-hybridized carbons (Fsp3) is 0.500. The van der Waals surface area contributed by atoms with Crippen LogP contribution in [-0.2, 0) is 11.2 Å². The van der Waals surface area contributed by atoms with Crippen molar-refractivity contribution in [1.29, 1.82) is 0 Å². The lowest BCUT2D eigenvalue weighted by molar-refractivity contribution is 0.0461. The molecule has 0 spiro atoms.